The number of hydrogen-bond donors (Lipinski definition) is 1. The lowest BCUT2D eigenvalue weighted by atomic mass is 10.1. The highest BCUT2D eigenvalue weighted by atomic mass is 35.5. The van der Waals surface area contributed by atoms with E-state index in [9.17, 15) is 21.6 Å². The standard InChI is InChI=1S/C22H20ClFN4O6S2/c1-35(30,31)22(6-7-22)21-27-26-19(34-21)14-8-17-18(9-15(14)24)36(32,33)11-16(25)20(29)28(17)10-12-2-4-13(23)5-3-12/h2-5,8-9,16H,6-7,10-11,25H2,1H3/t16-/m0/s1. The van der Waals surface area contributed by atoms with E-state index < -0.39 is 52.8 Å². The lowest BCUT2D eigenvalue weighted by molar-refractivity contribution is -0.119. The van der Waals surface area contributed by atoms with Gasteiger partial charge in [0.2, 0.25) is 11.8 Å². The van der Waals surface area contributed by atoms with Crippen molar-refractivity contribution >= 4 is 42.9 Å². The summed E-state index contributed by atoms with van der Waals surface area (Å²) in [7, 11) is -7.70. The maximum atomic E-state index is 15.2. The Kier molecular flexibility index (Phi) is 5.74. The second-order valence-electron chi connectivity index (χ2n) is 8.92. The van der Waals surface area contributed by atoms with Gasteiger partial charge in [0.05, 0.1) is 34.5 Å². The zero-order valence-electron chi connectivity index (χ0n) is 18.8. The molecule has 1 saturated carbocycles. The molecule has 2 heterocycles. The van der Waals surface area contributed by atoms with E-state index in [1.165, 1.54) is 0 Å². The fourth-order valence-corrected chi connectivity index (χ4v) is 7.13. The van der Waals surface area contributed by atoms with Crippen LogP contribution in [0.5, 0.6) is 0 Å². The number of nitrogens with two attached hydrogens (primary N) is 1. The number of sulfone groups is 2. The van der Waals surface area contributed by atoms with Crippen LogP contribution in [0.4, 0.5) is 10.1 Å². The third-order valence-electron chi connectivity index (χ3n) is 6.37. The number of nitrogens with zero attached hydrogens (tertiary/aromatic N) is 3. The van der Waals surface area contributed by atoms with Crippen LogP contribution in [0.15, 0.2) is 45.7 Å². The molecular formula is C22H20ClFN4O6S2. The van der Waals surface area contributed by atoms with E-state index in [1.807, 2.05) is 0 Å². The Morgan fingerprint density at radius 1 is 1.22 bits per heavy atom. The zero-order valence-corrected chi connectivity index (χ0v) is 21.2. The quantitative estimate of drug-likeness (QED) is 0.500. The smallest absolute Gasteiger partial charge is 0.250 e. The van der Waals surface area contributed by atoms with Gasteiger partial charge in [-0.3, -0.25) is 4.79 Å². The molecule has 14 heteroatoms. The van der Waals surface area contributed by atoms with Gasteiger partial charge in [-0.1, -0.05) is 23.7 Å². The Labute approximate surface area is 211 Å². The van der Waals surface area contributed by atoms with Crippen molar-refractivity contribution in [3.63, 3.8) is 0 Å². The Morgan fingerprint density at radius 3 is 2.50 bits per heavy atom. The highest BCUT2D eigenvalue weighted by Gasteiger charge is 2.58. The van der Waals surface area contributed by atoms with E-state index in [-0.39, 0.29) is 29.6 Å². The van der Waals surface area contributed by atoms with E-state index in [0.29, 0.717) is 23.4 Å². The molecule has 1 aromatic heterocycles. The number of benzene rings is 2. The summed E-state index contributed by atoms with van der Waals surface area (Å²) in [5.41, 5.74) is 6.14. The monoisotopic (exact) mass is 554 g/mol. The molecule has 2 aliphatic rings. The molecule has 1 aliphatic heterocycles. The normalized spacial score (nSPS) is 20.6. The molecule has 2 aromatic carbocycles. The van der Waals surface area contributed by atoms with Crippen LogP contribution in [-0.4, -0.2) is 51.0 Å². The first kappa shape index (κ1) is 24.8. The van der Waals surface area contributed by atoms with Gasteiger partial charge in [-0.2, -0.15) is 0 Å². The van der Waals surface area contributed by atoms with Crippen LogP contribution in [0.25, 0.3) is 11.5 Å². The Bertz CT molecular complexity index is 1600. The summed E-state index contributed by atoms with van der Waals surface area (Å²) in [6, 6.07) is 7.09. The van der Waals surface area contributed by atoms with Crippen LogP contribution in [0.1, 0.15) is 24.3 Å². The van der Waals surface area contributed by atoms with Crippen LogP contribution in [0.2, 0.25) is 5.02 Å². The number of anilines is 1. The maximum Gasteiger partial charge on any atom is 0.250 e. The second-order valence-corrected chi connectivity index (χ2v) is 13.7. The topological polar surface area (TPSA) is 154 Å². The molecule has 2 N–H and O–H groups in total. The Morgan fingerprint density at radius 2 is 1.89 bits per heavy atom. The number of amides is 1. The van der Waals surface area contributed by atoms with Crippen molar-refractivity contribution in [3.05, 3.63) is 58.7 Å². The Hall–Kier alpha value is -2.87. The predicted octanol–water partition coefficient (Wildman–Crippen LogP) is 2.21. The van der Waals surface area contributed by atoms with E-state index in [2.05, 4.69) is 10.2 Å². The molecule has 190 valence electrons. The molecule has 0 saturated heterocycles. The number of hydrogen-bond acceptors (Lipinski definition) is 9. The van der Waals surface area contributed by atoms with Crippen molar-refractivity contribution in [3.8, 4) is 11.5 Å². The van der Waals surface area contributed by atoms with E-state index in [0.717, 1.165) is 23.3 Å². The maximum absolute atomic E-state index is 15.2. The molecule has 36 heavy (non-hydrogen) atoms. The summed E-state index contributed by atoms with van der Waals surface area (Å²) in [6.45, 7) is -0.0659. The summed E-state index contributed by atoms with van der Waals surface area (Å²) in [5.74, 6) is -2.88. The zero-order chi connectivity index (χ0) is 26.0. The van der Waals surface area contributed by atoms with Crippen LogP contribution in [-0.2, 0) is 35.8 Å². The molecule has 0 unspecified atom stereocenters. The van der Waals surface area contributed by atoms with Gasteiger partial charge in [0.25, 0.3) is 5.89 Å². The molecule has 1 aliphatic carbocycles. The molecule has 0 radical (unpaired) electrons. The molecule has 1 fully saturated rings. The summed E-state index contributed by atoms with van der Waals surface area (Å²) < 4.78 is 69.8. The van der Waals surface area contributed by atoms with Gasteiger partial charge >= 0.3 is 0 Å². The van der Waals surface area contributed by atoms with Crippen molar-refractivity contribution in [2.75, 3.05) is 16.9 Å². The molecule has 10 nitrogen and oxygen atoms in total. The summed E-state index contributed by atoms with van der Waals surface area (Å²) in [5, 5.41) is 8.11. The second kappa shape index (κ2) is 8.33. The third kappa shape index (κ3) is 4.09. The summed E-state index contributed by atoms with van der Waals surface area (Å²) in [4.78, 5) is 13.9. The average molecular weight is 555 g/mol. The fourth-order valence-electron chi connectivity index (χ4n) is 4.19. The average Bonchev–Trinajstić information content (AvgIpc) is 3.50. The largest absolute Gasteiger partial charge is 0.419 e. The number of fused-ring (bicyclic) bond motifs is 1. The number of aromatic nitrogens is 2. The molecular weight excluding hydrogens is 535 g/mol. The van der Waals surface area contributed by atoms with Gasteiger partial charge in [-0.15, -0.1) is 10.2 Å². The van der Waals surface area contributed by atoms with Crippen LogP contribution >= 0.6 is 11.6 Å². The number of rotatable bonds is 5. The van der Waals surface area contributed by atoms with Gasteiger partial charge in [0.15, 0.2) is 19.7 Å². The predicted molar refractivity (Wildman–Crippen MR) is 128 cm³/mol. The minimum atomic E-state index is -4.14. The van der Waals surface area contributed by atoms with Crippen molar-refractivity contribution in [2.24, 2.45) is 5.73 Å². The molecule has 0 bridgehead atoms. The number of carbonyl (C=O) groups is 1. The van der Waals surface area contributed by atoms with Crippen LogP contribution < -0.4 is 10.6 Å². The van der Waals surface area contributed by atoms with Crippen molar-refractivity contribution in [1.29, 1.82) is 0 Å². The van der Waals surface area contributed by atoms with E-state index in [4.69, 9.17) is 21.8 Å². The van der Waals surface area contributed by atoms with E-state index >= 15 is 4.39 Å². The van der Waals surface area contributed by atoms with Crippen LogP contribution in [0, 0.1) is 5.82 Å². The van der Waals surface area contributed by atoms with Gasteiger partial charge in [0, 0.05) is 11.3 Å². The minimum absolute atomic E-state index is 0.0659. The summed E-state index contributed by atoms with van der Waals surface area (Å²) >= 11 is 5.94. The SMILES string of the molecule is CS(=O)(=O)C1(c2nnc(-c3cc4c(cc3F)S(=O)(=O)C[C@H](N)C(=O)N4Cc3ccc(Cl)cc3)o2)CC1. The van der Waals surface area contributed by atoms with Crippen molar-refractivity contribution < 1.29 is 30.4 Å². The molecule has 1 atom stereocenters. The van der Waals surface area contributed by atoms with Crippen LogP contribution in [0.3, 0.4) is 0 Å². The lowest BCUT2D eigenvalue weighted by Crippen LogP contribution is -2.45. The molecule has 5 rings (SSSR count). The first-order chi connectivity index (χ1) is 16.8. The van der Waals surface area contributed by atoms with E-state index in [1.54, 1.807) is 24.3 Å². The first-order valence-electron chi connectivity index (χ1n) is 10.7. The van der Waals surface area contributed by atoms with Gasteiger partial charge in [0.1, 0.15) is 10.6 Å². The van der Waals surface area contributed by atoms with Crippen molar-refractivity contribution in [1.82, 2.24) is 10.2 Å². The van der Waals surface area contributed by atoms with Gasteiger partial charge in [-0.05, 0) is 42.7 Å². The molecule has 0 spiro atoms. The Balaban J connectivity index is 1.65. The van der Waals surface area contributed by atoms with Crippen molar-refractivity contribution in [2.45, 2.75) is 35.1 Å². The highest BCUT2D eigenvalue weighted by molar-refractivity contribution is 7.92. The lowest BCUT2D eigenvalue weighted by Gasteiger charge is -2.24. The summed E-state index contributed by atoms with van der Waals surface area (Å²) in [6.07, 6.45) is 1.64. The minimum Gasteiger partial charge on any atom is -0.419 e. The fraction of sp³-hybridized carbons (Fsp3) is 0.318. The number of halogens is 2. The number of carbonyl (C=O) groups excluding carboxylic acids is 1. The first-order valence-corrected chi connectivity index (χ1v) is 14.7. The van der Waals surface area contributed by atoms with Gasteiger partial charge < -0.3 is 15.1 Å². The third-order valence-corrected chi connectivity index (χ3v) is 10.4. The molecule has 3 aromatic rings. The highest BCUT2D eigenvalue weighted by Crippen LogP contribution is 2.52. The molecule has 1 amide bonds. The van der Waals surface area contributed by atoms with Gasteiger partial charge in [-0.25, -0.2) is 21.2 Å².